The maximum atomic E-state index is 11.7. The van der Waals surface area contributed by atoms with Crippen LogP contribution in [0.5, 0.6) is 0 Å². The Morgan fingerprint density at radius 1 is 1.29 bits per heavy atom. The lowest BCUT2D eigenvalue weighted by atomic mass is 9.83. The van der Waals surface area contributed by atoms with Gasteiger partial charge in [0.1, 0.15) is 0 Å². The zero-order valence-corrected chi connectivity index (χ0v) is 11.6. The molecule has 17 heavy (non-hydrogen) atoms. The van der Waals surface area contributed by atoms with E-state index in [1.807, 2.05) is 0 Å². The molecule has 100 valence electrons. The highest BCUT2D eigenvalue weighted by atomic mass is 16.1. The first-order valence-corrected chi connectivity index (χ1v) is 7.08. The summed E-state index contributed by atoms with van der Waals surface area (Å²) in [6.45, 7) is 8.11. The minimum absolute atomic E-state index is 0.192. The van der Waals surface area contributed by atoms with Gasteiger partial charge in [-0.05, 0) is 24.7 Å². The molecule has 0 atom stereocenters. The van der Waals surface area contributed by atoms with Gasteiger partial charge in [-0.25, -0.2) is 0 Å². The van der Waals surface area contributed by atoms with Crippen LogP contribution in [-0.2, 0) is 4.79 Å². The smallest absolute Gasteiger partial charge is 0.221 e. The molecule has 1 rings (SSSR count). The second-order valence-electron chi connectivity index (χ2n) is 5.70. The summed E-state index contributed by atoms with van der Waals surface area (Å²) >= 11 is 0. The lowest BCUT2D eigenvalue weighted by Gasteiger charge is -2.27. The molecule has 1 aliphatic rings. The van der Waals surface area contributed by atoms with Gasteiger partial charge in [0.25, 0.3) is 0 Å². The SMILES string of the molecule is CCC1(CNC(=O)CCNC(C)C)CCCC1. The summed E-state index contributed by atoms with van der Waals surface area (Å²) in [7, 11) is 0. The summed E-state index contributed by atoms with van der Waals surface area (Å²) < 4.78 is 0. The molecule has 2 N–H and O–H groups in total. The third-order valence-corrected chi connectivity index (χ3v) is 3.98. The highest BCUT2D eigenvalue weighted by Crippen LogP contribution is 2.40. The molecule has 0 aliphatic heterocycles. The fraction of sp³-hybridized carbons (Fsp3) is 0.929. The highest BCUT2D eigenvalue weighted by Gasteiger charge is 2.31. The maximum Gasteiger partial charge on any atom is 0.221 e. The third-order valence-electron chi connectivity index (χ3n) is 3.98. The van der Waals surface area contributed by atoms with Crippen LogP contribution < -0.4 is 10.6 Å². The van der Waals surface area contributed by atoms with Crippen LogP contribution in [0.1, 0.15) is 59.3 Å². The molecule has 1 fully saturated rings. The fourth-order valence-corrected chi connectivity index (χ4v) is 2.63. The summed E-state index contributed by atoms with van der Waals surface area (Å²) in [5.74, 6) is 0.192. The van der Waals surface area contributed by atoms with E-state index in [-0.39, 0.29) is 5.91 Å². The van der Waals surface area contributed by atoms with Gasteiger partial charge >= 0.3 is 0 Å². The number of amides is 1. The Kier molecular flexibility index (Phi) is 5.96. The summed E-state index contributed by atoms with van der Waals surface area (Å²) in [5.41, 5.74) is 0.404. The van der Waals surface area contributed by atoms with Gasteiger partial charge in [0.15, 0.2) is 0 Å². The van der Waals surface area contributed by atoms with E-state index in [2.05, 4.69) is 31.4 Å². The molecule has 1 aliphatic carbocycles. The molecule has 0 aromatic carbocycles. The van der Waals surface area contributed by atoms with E-state index < -0.39 is 0 Å². The zero-order valence-electron chi connectivity index (χ0n) is 11.6. The minimum Gasteiger partial charge on any atom is -0.356 e. The van der Waals surface area contributed by atoms with E-state index in [9.17, 15) is 4.79 Å². The first-order chi connectivity index (χ1) is 8.08. The topological polar surface area (TPSA) is 41.1 Å². The molecule has 0 bridgehead atoms. The summed E-state index contributed by atoms with van der Waals surface area (Å²) in [6.07, 6.45) is 7.02. The van der Waals surface area contributed by atoms with Crippen molar-refractivity contribution in [3.05, 3.63) is 0 Å². The van der Waals surface area contributed by atoms with Gasteiger partial charge in [-0.2, -0.15) is 0 Å². The van der Waals surface area contributed by atoms with Crippen molar-refractivity contribution in [3.63, 3.8) is 0 Å². The Hall–Kier alpha value is -0.570. The lowest BCUT2D eigenvalue weighted by Crippen LogP contribution is -2.37. The molecule has 3 heteroatoms. The monoisotopic (exact) mass is 240 g/mol. The molecule has 0 unspecified atom stereocenters. The van der Waals surface area contributed by atoms with E-state index in [0.29, 0.717) is 17.9 Å². The second-order valence-corrected chi connectivity index (χ2v) is 5.70. The lowest BCUT2D eigenvalue weighted by molar-refractivity contribution is -0.121. The number of carbonyl (C=O) groups is 1. The Morgan fingerprint density at radius 2 is 1.94 bits per heavy atom. The Morgan fingerprint density at radius 3 is 2.47 bits per heavy atom. The van der Waals surface area contributed by atoms with E-state index in [0.717, 1.165) is 13.1 Å². The molecule has 0 aromatic rings. The number of rotatable bonds is 7. The zero-order chi connectivity index (χ0) is 12.7. The molecule has 1 saturated carbocycles. The van der Waals surface area contributed by atoms with Crippen LogP contribution in [0.3, 0.4) is 0 Å². The standard InChI is InChI=1S/C14H28N2O/c1-4-14(8-5-6-9-14)11-16-13(17)7-10-15-12(2)3/h12,15H,4-11H2,1-3H3,(H,16,17). The maximum absolute atomic E-state index is 11.7. The van der Waals surface area contributed by atoms with E-state index in [4.69, 9.17) is 0 Å². The first kappa shape index (κ1) is 14.5. The predicted octanol–water partition coefficient (Wildman–Crippen LogP) is 2.46. The summed E-state index contributed by atoms with van der Waals surface area (Å²) in [5, 5.41) is 6.38. The van der Waals surface area contributed by atoms with Crippen LogP contribution in [0, 0.1) is 5.41 Å². The molecule has 3 nitrogen and oxygen atoms in total. The molecule has 0 aromatic heterocycles. The van der Waals surface area contributed by atoms with Crippen molar-refractivity contribution in [2.75, 3.05) is 13.1 Å². The molecule has 0 spiro atoms. The van der Waals surface area contributed by atoms with Crippen molar-refractivity contribution in [2.24, 2.45) is 5.41 Å². The van der Waals surface area contributed by atoms with Gasteiger partial charge in [0, 0.05) is 25.6 Å². The Balaban J connectivity index is 2.18. The number of carbonyl (C=O) groups excluding carboxylic acids is 1. The van der Waals surface area contributed by atoms with E-state index in [1.54, 1.807) is 0 Å². The van der Waals surface area contributed by atoms with Crippen LogP contribution in [0.15, 0.2) is 0 Å². The minimum atomic E-state index is 0.192. The van der Waals surface area contributed by atoms with Crippen LogP contribution in [0.25, 0.3) is 0 Å². The van der Waals surface area contributed by atoms with Crippen molar-refractivity contribution < 1.29 is 4.79 Å². The highest BCUT2D eigenvalue weighted by molar-refractivity contribution is 5.76. The first-order valence-electron chi connectivity index (χ1n) is 7.08. The van der Waals surface area contributed by atoms with Crippen molar-refractivity contribution in [1.82, 2.24) is 10.6 Å². The molecular weight excluding hydrogens is 212 g/mol. The van der Waals surface area contributed by atoms with Crippen molar-refractivity contribution in [3.8, 4) is 0 Å². The summed E-state index contributed by atoms with van der Waals surface area (Å²) in [4.78, 5) is 11.7. The van der Waals surface area contributed by atoms with Crippen LogP contribution >= 0.6 is 0 Å². The van der Waals surface area contributed by atoms with Crippen molar-refractivity contribution >= 4 is 5.91 Å². The van der Waals surface area contributed by atoms with Gasteiger partial charge in [0.2, 0.25) is 5.91 Å². The Labute approximate surface area is 106 Å². The van der Waals surface area contributed by atoms with Crippen LogP contribution in [-0.4, -0.2) is 25.0 Å². The number of hydrogen-bond donors (Lipinski definition) is 2. The van der Waals surface area contributed by atoms with Gasteiger partial charge in [0.05, 0.1) is 0 Å². The van der Waals surface area contributed by atoms with Crippen LogP contribution in [0.4, 0.5) is 0 Å². The fourth-order valence-electron chi connectivity index (χ4n) is 2.63. The average molecular weight is 240 g/mol. The molecule has 0 radical (unpaired) electrons. The molecule has 0 saturated heterocycles. The van der Waals surface area contributed by atoms with Gasteiger partial charge in [-0.3, -0.25) is 4.79 Å². The van der Waals surface area contributed by atoms with Crippen LogP contribution in [0.2, 0.25) is 0 Å². The largest absolute Gasteiger partial charge is 0.356 e. The molecule has 0 heterocycles. The van der Waals surface area contributed by atoms with E-state index in [1.165, 1.54) is 32.1 Å². The Bertz CT molecular complexity index is 232. The number of hydrogen-bond acceptors (Lipinski definition) is 2. The van der Waals surface area contributed by atoms with Gasteiger partial charge in [-0.15, -0.1) is 0 Å². The second kappa shape index (κ2) is 7.00. The van der Waals surface area contributed by atoms with Gasteiger partial charge in [-0.1, -0.05) is 33.6 Å². The van der Waals surface area contributed by atoms with E-state index >= 15 is 0 Å². The molecule has 1 amide bonds. The average Bonchev–Trinajstić information content (AvgIpc) is 2.75. The van der Waals surface area contributed by atoms with Crippen molar-refractivity contribution in [1.29, 1.82) is 0 Å². The van der Waals surface area contributed by atoms with Gasteiger partial charge < -0.3 is 10.6 Å². The van der Waals surface area contributed by atoms with Crippen molar-refractivity contribution in [2.45, 2.75) is 65.3 Å². The predicted molar refractivity (Wildman–Crippen MR) is 72.0 cm³/mol. The number of nitrogens with one attached hydrogen (secondary N) is 2. The quantitative estimate of drug-likeness (QED) is 0.718. The molecular formula is C14H28N2O. The summed E-state index contributed by atoms with van der Waals surface area (Å²) in [6, 6.07) is 0.458. The third kappa shape index (κ3) is 5.07. The normalized spacial score (nSPS) is 18.6.